The second-order valence-electron chi connectivity index (χ2n) is 2.49. The van der Waals surface area contributed by atoms with E-state index in [-0.39, 0.29) is 5.82 Å². The lowest BCUT2D eigenvalue weighted by Crippen LogP contribution is -1.80. The van der Waals surface area contributed by atoms with Crippen molar-refractivity contribution in [2.24, 2.45) is 0 Å². The molecule has 0 aliphatic rings. The van der Waals surface area contributed by atoms with E-state index < -0.39 is 0 Å². The van der Waals surface area contributed by atoms with Gasteiger partial charge in [0.05, 0.1) is 0 Å². The Morgan fingerprint density at radius 1 is 1.21 bits per heavy atom. The van der Waals surface area contributed by atoms with Gasteiger partial charge in [-0.3, -0.25) is 4.79 Å². The third-order valence-corrected chi connectivity index (χ3v) is 1.62. The number of hydrogen-bond donors (Lipinski definition) is 0. The molecular weight excluding hydrogens is 179 g/mol. The van der Waals surface area contributed by atoms with E-state index in [4.69, 9.17) is 0 Å². The maximum Gasteiger partial charge on any atom is 0.143 e. The van der Waals surface area contributed by atoms with Gasteiger partial charge in [0.1, 0.15) is 12.1 Å². The van der Waals surface area contributed by atoms with Crippen molar-refractivity contribution >= 4 is 11.9 Å². The van der Waals surface area contributed by atoms with Crippen molar-refractivity contribution in [2.75, 3.05) is 0 Å². The van der Waals surface area contributed by atoms with Crippen LogP contribution in [-0.2, 0) is 4.79 Å². The molecule has 76 valence electrons. The normalized spacial score (nSPS) is 10.1. The van der Waals surface area contributed by atoms with E-state index in [1.165, 1.54) is 18.2 Å². The molecule has 0 spiro atoms. The Morgan fingerprint density at radius 2 is 1.71 bits per heavy atom. The Morgan fingerprint density at radius 3 is 2.14 bits per heavy atom. The second-order valence-corrected chi connectivity index (χ2v) is 2.49. The van der Waals surface area contributed by atoms with Crippen molar-refractivity contribution in [3.8, 4) is 0 Å². The van der Waals surface area contributed by atoms with Crippen LogP contribution in [0.25, 0.3) is 5.57 Å². The Hall–Kier alpha value is -1.44. The van der Waals surface area contributed by atoms with E-state index in [0.717, 1.165) is 17.4 Å². The summed E-state index contributed by atoms with van der Waals surface area (Å²) in [5, 5.41) is 0. The van der Waals surface area contributed by atoms with Crippen LogP contribution in [0.3, 0.4) is 0 Å². The van der Waals surface area contributed by atoms with Crippen LogP contribution in [0.4, 0.5) is 4.39 Å². The molecule has 1 aromatic rings. The van der Waals surface area contributed by atoms with E-state index in [0.29, 0.717) is 0 Å². The average Bonchev–Trinajstić information content (AvgIpc) is 2.22. The molecule has 0 heterocycles. The van der Waals surface area contributed by atoms with Gasteiger partial charge in [-0.15, -0.1) is 0 Å². The zero-order valence-corrected chi connectivity index (χ0v) is 8.75. The first-order valence-electron chi connectivity index (χ1n) is 4.62. The van der Waals surface area contributed by atoms with Crippen LogP contribution in [0.2, 0.25) is 0 Å². The molecule has 0 saturated heterocycles. The molecule has 0 aromatic heterocycles. The lowest BCUT2D eigenvalue weighted by atomic mass is 10.1. The van der Waals surface area contributed by atoms with Crippen LogP contribution < -0.4 is 0 Å². The summed E-state index contributed by atoms with van der Waals surface area (Å²) in [6.07, 6.45) is 2.17. The molecule has 0 amide bonds. The summed E-state index contributed by atoms with van der Waals surface area (Å²) in [5.41, 5.74) is 1.70. The zero-order chi connectivity index (χ0) is 11.0. The molecule has 0 N–H and O–H groups in total. The predicted molar refractivity (Wildman–Crippen MR) is 57.5 cm³/mol. The molecule has 0 atom stereocenters. The lowest BCUT2D eigenvalue weighted by Gasteiger charge is -1.98. The highest BCUT2D eigenvalue weighted by Crippen LogP contribution is 2.12. The summed E-state index contributed by atoms with van der Waals surface area (Å²) in [5.74, 6) is -0.266. The number of aldehydes is 1. The van der Waals surface area contributed by atoms with Crippen LogP contribution in [-0.4, -0.2) is 6.29 Å². The summed E-state index contributed by atoms with van der Waals surface area (Å²) < 4.78 is 12.4. The molecular formula is C12H15FO. The van der Waals surface area contributed by atoms with E-state index in [9.17, 15) is 9.18 Å². The maximum atomic E-state index is 12.4. The van der Waals surface area contributed by atoms with Crippen molar-refractivity contribution in [1.82, 2.24) is 0 Å². The van der Waals surface area contributed by atoms with Crippen molar-refractivity contribution in [3.05, 3.63) is 41.7 Å². The van der Waals surface area contributed by atoms with Crippen molar-refractivity contribution < 1.29 is 9.18 Å². The summed E-state index contributed by atoms with van der Waals surface area (Å²) in [7, 11) is 0. The van der Waals surface area contributed by atoms with Gasteiger partial charge < -0.3 is 0 Å². The minimum Gasteiger partial charge on any atom is -0.299 e. The summed E-state index contributed by atoms with van der Waals surface area (Å²) in [4.78, 5) is 10.1. The molecule has 0 bridgehead atoms. The lowest BCUT2D eigenvalue weighted by molar-refractivity contribution is -0.104. The smallest absolute Gasteiger partial charge is 0.143 e. The molecule has 0 aliphatic heterocycles. The molecule has 0 fully saturated rings. The number of hydrogen-bond acceptors (Lipinski definition) is 1. The number of carbonyl (C=O) groups is 1. The van der Waals surface area contributed by atoms with Crippen LogP contribution in [0.1, 0.15) is 26.3 Å². The molecule has 0 aliphatic carbocycles. The van der Waals surface area contributed by atoms with Gasteiger partial charge in [-0.1, -0.05) is 26.0 Å². The van der Waals surface area contributed by atoms with Gasteiger partial charge >= 0.3 is 0 Å². The van der Waals surface area contributed by atoms with Gasteiger partial charge in [0.15, 0.2) is 0 Å². The number of rotatable bonds is 2. The van der Waals surface area contributed by atoms with Crippen molar-refractivity contribution in [3.63, 3.8) is 0 Å². The van der Waals surface area contributed by atoms with Gasteiger partial charge in [0, 0.05) is 0 Å². The SMILES string of the molecule is C/C(=C/C=O)c1ccc(F)cc1.CC. The monoisotopic (exact) mass is 194 g/mol. The van der Waals surface area contributed by atoms with Crippen molar-refractivity contribution in [2.45, 2.75) is 20.8 Å². The number of benzene rings is 1. The second kappa shape index (κ2) is 7.01. The molecule has 1 rings (SSSR count). The molecule has 0 unspecified atom stereocenters. The number of carbonyl (C=O) groups excluding carboxylic acids is 1. The van der Waals surface area contributed by atoms with E-state index in [1.54, 1.807) is 12.1 Å². The van der Waals surface area contributed by atoms with Crippen LogP contribution in [0.15, 0.2) is 30.3 Å². The molecule has 2 heteroatoms. The Balaban J connectivity index is 0.000000791. The molecule has 14 heavy (non-hydrogen) atoms. The standard InChI is InChI=1S/C10H9FO.C2H6/c1-8(6-7-12)9-2-4-10(11)5-3-9;1-2/h2-7H,1H3;1-2H3/b8-6-;. The quantitative estimate of drug-likeness (QED) is 0.520. The third kappa shape index (κ3) is 3.99. The van der Waals surface area contributed by atoms with Gasteiger partial charge in [0.2, 0.25) is 0 Å². The third-order valence-electron chi connectivity index (χ3n) is 1.62. The molecule has 0 radical (unpaired) electrons. The summed E-state index contributed by atoms with van der Waals surface area (Å²) >= 11 is 0. The van der Waals surface area contributed by atoms with Gasteiger partial charge in [-0.05, 0) is 36.3 Å². The maximum absolute atomic E-state index is 12.4. The first kappa shape index (κ1) is 12.6. The average molecular weight is 194 g/mol. The van der Waals surface area contributed by atoms with Crippen molar-refractivity contribution in [1.29, 1.82) is 0 Å². The summed E-state index contributed by atoms with van der Waals surface area (Å²) in [6, 6.07) is 6.03. The first-order valence-corrected chi connectivity index (χ1v) is 4.62. The Bertz CT molecular complexity index is 299. The van der Waals surface area contributed by atoms with Crippen LogP contribution >= 0.6 is 0 Å². The predicted octanol–water partition coefficient (Wildman–Crippen LogP) is 3.45. The van der Waals surface area contributed by atoms with Gasteiger partial charge in [-0.2, -0.15) is 0 Å². The highest BCUT2D eigenvalue weighted by Gasteiger charge is 1.94. The largest absolute Gasteiger partial charge is 0.299 e. The zero-order valence-electron chi connectivity index (χ0n) is 8.75. The van der Waals surface area contributed by atoms with Crippen LogP contribution in [0, 0.1) is 5.82 Å². The number of allylic oxidation sites excluding steroid dienone is 2. The van der Waals surface area contributed by atoms with Crippen LogP contribution in [0.5, 0.6) is 0 Å². The fourth-order valence-corrected chi connectivity index (χ4v) is 0.911. The van der Waals surface area contributed by atoms with Gasteiger partial charge in [-0.25, -0.2) is 4.39 Å². The van der Waals surface area contributed by atoms with Gasteiger partial charge in [0.25, 0.3) is 0 Å². The van der Waals surface area contributed by atoms with E-state index in [2.05, 4.69) is 0 Å². The highest BCUT2D eigenvalue weighted by molar-refractivity contribution is 5.80. The fourth-order valence-electron chi connectivity index (χ4n) is 0.911. The molecule has 1 nitrogen and oxygen atoms in total. The first-order chi connectivity index (χ1) is 6.74. The summed E-state index contributed by atoms with van der Waals surface area (Å²) in [6.45, 7) is 5.81. The Kier molecular flexibility index (Phi) is 6.29. The fraction of sp³-hybridized carbons (Fsp3) is 0.250. The topological polar surface area (TPSA) is 17.1 Å². The Labute approximate surface area is 84.3 Å². The number of halogens is 1. The minimum absolute atomic E-state index is 0.266. The minimum atomic E-state index is -0.266. The molecule has 1 aromatic carbocycles. The molecule has 0 saturated carbocycles. The van der Waals surface area contributed by atoms with E-state index in [1.807, 2.05) is 20.8 Å². The van der Waals surface area contributed by atoms with E-state index >= 15 is 0 Å². The highest BCUT2D eigenvalue weighted by atomic mass is 19.1.